The molecule has 0 unspecified atom stereocenters. The van der Waals surface area contributed by atoms with Gasteiger partial charge in [-0.15, -0.1) is 0 Å². The smallest absolute Gasteiger partial charge is 0.277 e. The minimum Gasteiger partial charge on any atom is -0.485 e. The van der Waals surface area contributed by atoms with Crippen LogP contribution in [0.3, 0.4) is 0 Å². The van der Waals surface area contributed by atoms with Crippen LogP contribution in [0.1, 0.15) is 16.7 Å². The van der Waals surface area contributed by atoms with Gasteiger partial charge < -0.3 is 14.2 Å². The van der Waals surface area contributed by atoms with E-state index in [4.69, 9.17) is 14.2 Å². The molecule has 0 aliphatic rings. The zero-order chi connectivity index (χ0) is 22.9. The van der Waals surface area contributed by atoms with Crippen LogP contribution < -0.4 is 14.2 Å². The maximum absolute atomic E-state index is 11.6. The highest BCUT2D eigenvalue weighted by atomic mass is 16.6. The number of non-ortho nitro benzene ring substituents is 1. The molecule has 0 saturated carbocycles. The molecular formula is C27H23NO5. The Kier molecular flexibility index (Phi) is 7.18. The van der Waals surface area contributed by atoms with Crippen molar-refractivity contribution in [3.8, 4) is 17.2 Å². The fourth-order valence-electron chi connectivity index (χ4n) is 3.23. The SMILES string of the molecule is O=[N+]([O-])c1cc(OCc2ccccc2)c(OCc2ccccc2)c(OCc2ccccc2)c1. The van der Waals surface area contributed by atoms with Crippen molar-refractivity contribution < 1.29 is 19.1 Å². The average molecular weight is 441 g/mol. The van der Waals surface area contributed by atoms with Crippen molar-refractivity contribution >= 4 is 5.69 Å². The zero-order valence-corrected chi connectivity index (χ0v) is 17.9. The molecule has 0 aliphatic carbocycles. The van der Waals surface area contributed by atoms with E-state index in [2.05, 4.69) is 0 Å². The number of nitro groups is 1. The van der Waals surface area contributed by atoms with Gasteiger partial charge in [-0.25, -0.2) is 0 Å². The summed E-state index contributed by atoms with van der Waals surface area (Å²) in [6.45, 7) is 0.742. The van der Waals surface area contributed by atoms with Crippen LogP contribution in [0.5, 0.6) is 17.2 Å². The van der Waals surface area contributed by atoms with E-state index < -0.39 is 4.92 Å². The van der Waals surface area contributed by atoms with E-state index in [1.165, 1.54) is 12.1 Å². The molecule has 0 bridgehead atoms. The van der Waals surface area contributed by atoms with E-state index in [-0.39, 0.29) is 37.0 Å². The minimum absolute atomic E-state index is 0.131. The van der Waals surface area contributed by atoms with Crippen molar-refractivity contribution in [1.82, 2.24) is 0 Å². The second-order valence-electron chi connectivity index (χ2n) is 7.35. The first-order valence-corrected chi connectivity index (χ1v) is 10.5. The topological polar surface area (TPSA) is 70.8 Å². The highest BCUT2D eigenvalue weighted by Gasteiger charge is 2.21. The Bertz CT molecular complexity index is 1120. The summed E-state index contributed by atoms with van der Waals surface area (Å²) in [5.41, 5.74) is 2.70. The number of rotatable bonds is 10. The third kappa shape index (κ3) is 6.11. The van der Waals surface area contributed by atoms with Gasteiger partial charge in [0.1, 0.15) is 19.8 Å². The molecule has 4 aromatic carbocycles. The molecule has 4 rings (SSSR count). The van der Waals surface area contributed by atoms with Crippen molar-refractivity contribution in [1.29, 1.82) is 0 Å². The summed E-state index contributed by atoms with van der Waals surface area (Å²) in [4.78, 5) is 11.1. The molecule has 33 heavy (non-hydrogen) atoms. The monoisotopic (exact) mass is 441 g/mol. The Morgan fingerprint density at radius 3 is 1.30 bits per heavy atom. The van der Waals surface area contributed by atoms with Crippen LogP contribution in [0.15, 0.2) is 103 Å². The molecular weight excluding hydrogens is 418 g/mol. The standard InChI is InChI=1S/C27H23NO5/c29-28(30)24-16-25(31-18-21-10-4-1-5-11-21)27(33-20-23-14-8-3-9-15-23)26(17-24)32-19-22-12-6-2-7-13-22/h1-17H,18-20H2. The second kappa shape index (κ2) is 10.8. The van der Waals surface area contributed by atoms with Crippen LogP contribution in [-0.2, 0) is 19.8 Å². The predicted molar refractivity (Wildman–Crippen MR) is 125 cm³/mol. The number of benzene rings is 4. The average Bonchev–Trinajstić information content (AvgIpc) is 2.87. The van der Waals surface area contributed by atoms with E-state index in [0.29, 0.717) is 5.75 Å². The molecule has 0 radical (unpaired) electrons. The van der Waals surface area contributed by atoms with Crippen LogP contribution in [-0.4, -0.2) is 4.92 Å². The minimum atomic E-state index is -0.467. The van der Waals surface area contributed by atoms with Gasteiger partial charge >= 0.3 is 0 Å². The van der Waals surface area contributed by atoms with Gasteiger partial charge in [0.05, 0.1) is 17.1 Å². The van der Waals surface area contributed by atoms with Gasteiger partial charge in [-0.05, 0) is 16.7 Å². The van der Waals surface area contributed by atoms with Crippen LogP contribution in [0.25, 0.3) is 0 Å². The third-order valence-electron chi connectivity index (χ3n) is 4.92. The molecule has 0 N–H and O–H groups in total. The molecule has 0 aliphatic heterocycles. The molecule has 0 aromatic heterocycles. The normalized spacial score (nSPS) is 10.4. The molecule has 0 amide bonds. The molecule has 4 aromatic rings. The summed E-state index contributed by atoms with van der Waals surface area (Å²) in [6.07, 6.45) is 0. The number of ether oxygens (including phenoxy) is 3. The van der Waals surface area contributed by atoms with Crippen LogP contribution in [0.4, 0.5) is 5.69 Å². The lowest BCUT2D eigenvalue weighted by Gasteiger charge is -2.17. The second-order valence-corrected chi connectivity index (χ2v) is 7.35. The quantitative estimate of drug-likeness (QED) is 0.212. The Balaban J connectivity index is 1.65. The lowest BCUT2D eigenvalue weighted by atomic mass is 10.2. The lowest BCUT2D eigenvalue weighted by Crippen LogP contribution is -2.05. The van der Waals surface area contributed by atoms with Crippen LogP contribution in [0, 0.1) is 10.1 Å². The van der Waals surface area contributed by atoms with Gasteiger partial charge in [-0.1, -0.05) is 91.0 Å². The molecule has 6 nitrogen and oxygen atoms in total. The van der Waals surface area contributed by atoms with Crippen molar-refractivity contribution in [2.75, 3.05) is 0 Å². The van der Waals surface area contributed by atoms with Gasteiger partial charge in [0.25, 0.3) is 5.69 Å². The molecule has 0 heterocycles. The Labute approximate surface area is 192 Å². The summed E-state index contributed by atoms with van der Waals surface area (Å²) in [6, 6.07) is 31.6. The fourth-order valence-corrected chi connectivity index (χ4v) is 3.23. The van der Waals surface area contributed by atoms with Crippen molar-refractivity contribution in [2.45, 2.75) is 19.8 Å². The summed E-state index contributed by atoms with van der Waals surface area (Å²) in [7, 11) is 0. The summed E-state index contributed by atoms with van der Waals surface area (Å²) in [5.74, 6) is 0.843. The van der Waals surface area contributed by atoms with Crippen LogP contribution in [0.2, 0.25) is 0 Å². The maximum Gasteiger partial charge on any atom is 0.277 e. The summed E-state index contributed by atoms with van der Waals surface area (Å²) >= 11 is 0. The number of nitro benzene ring substituents is 1. The first-order chi connectivity index (χ1) is 16.2. The fraction of sp³-hybridized carbons (Fsp3) is 0.111. The number of hydrogen-bond donors (Lipinski definition) is 0. The van der Waals surface area contributed by atoms with Gasteiger partial charge in [0, 0.05) is 0 Å². The van der Waals surface area contributed by atoms with E-state index in [1.807, 2.05) is 91.0 Å². The molecule has 166 valence electrons. The zero-order valence-electron chi connectivity index (χ0n) is 17.9. The van der Waals surface area contributed by atoms with Crippen molar-refractivity contribution in [3.05, 3.63) is 130 Å². The molecule has 6 heteroatoms. The molecule has 0 atom stereocenters. The Hall–Kier alpha value is -4.32. The number of nitrogens with zero attached hydrogens (tertiary/aromatic N) is 1. The van der Waals surface area contributed by atoms with Gasteiger partial charge in [-0.2, -0.15) is 0 Å². The Morgan fingerprint density at radius 1 is 0.576 bits per heavy atom. The first kappa shape index (κ1) is 21.9. The maximum atomic E-state index is 11.6. The number of hydrogen-bond acceptors (Lipinski definition) is 5. The lowest BCUT2D eigenvalue weighted by molar-refractivity contribution is -0.385. The highest BCUT2D eigenvalue weighted by molar-refractivity contribution is 5.58. The van der Waals surface area contributed by atoms with E-state index in [0.717, 1.165) is 16.7 Å². The first-order valence-electron chi connectivity index (χ1n) is 10.5. The summed E-state index contributed by atoms with van der Waals surface area (Å²) in [5, 5.41) is 11.6. The van der Waals surface area contributed by atoms with Gasteiger partial charge in [0.2, 0.25) is 5.75 Å². The molecule has 0 spiro atoms. The van der Waals surface area contributed by atoms with Crippen LogP contribution >= 0.6 is 0 Å². The molecule has 0 saturated heterocycles. The van der Waals surface area contributed by atoms with E-state index in [1.54, 1.807) is 0 Å². The predicted octanol–water partition coefficient (Wildman–Crippen LogP) is 6.33. The summed E-state index contributed by atoms with van der Waals surface area (Å²) < 4.78 is 18.1. The largest absolute Gasteiger partial charge is 0.485 e. The van der Waals surface area contributed by atoms with Crippen molar-refractivity contribution in [2.24, 2.45) is 0 Å². The molecule has 0 fully saturated rings. The van der Waals surface area contributed by atoms with E-state index in [9.17, 15) is 10.1 Å². The Morgan fingerprint density at radius 2 is 0.939 bits per heavy atom. The van der Waals surface area contributed by atoms with Gasteiger partial charge in [0.15, 0.2) is 11.5 Å². The van der Waals surface area contributed by atoms with E-state index >= 15 is 0 Å². The highest BCUT2D eigenvalue weighted by Crippen LogP contribution is 2.42. The van der Waals surface area contributed by atoms with Gasteiger partial charge in [-0.3, -0.25) is 10.1 Å². The third-order valence-corrected chi connectivity index (χ3v) is 4.92. The van der Waals surface area contributed by atoms with Crippen molar-refractivity contribution in [3.63, 3.8) is 0 Å².